The Morgan fingerprint density at radius 1 is 1.30 bits per heavy atom. The smallest absolute Gasteiger partial charge is 0.270 e. The van der Waals surface area contributed by atoms with Crippen LogP contribution in [0.2, 0.25) is 5.02 Å². The molecule has 0 radical (unpaired) electrons. The van der Waals surface area contributed by atoms with Gasteiger partial charge in [-0.15, -0.1) is 17.9 Å². The molecule has 0 spiro atoms. The van der Waals surface area contributed by atoms with Crippen molar-refractivity contribution >= 4 is 39.7 Å². The number of rotatable bonds is 6. The van der Waals surface area contributed by atoms with Crippen LogP contribution in [0.1, 0.15) is 10.4 Å². The second-order valence-corrected chi connectivity index (χ2v) is 6.75. The molecular weight excluding hydrogens is 386 g/mol. The number of nitrogens with zero attached hydrogens (tertiary/aromatic N) is 3. The molecular formula is C19H14ClN3O3S. The Labute approximate surface area is 164 Å². The Morgan fingerprint density at radius 3 is 2.67 bits per heavy atom. The number of amides is 1. The highest BCUT2D eigenvalue weighted by molar-refractivity contribution is 7.14. The van der Waals surface area contributed by atoms with Crippen LogP contribution < -0.4 is 4.90 Å². The quantitative estimate of drug-likeness (QED) is 0.324. The Hall–Kier alpha value is -3.03. The van der Waals surface area contributed by atoms with Crippen LogP contribution in [0.4, 0.5) is 10.8 Å². The maximum absolute atomic E-state index is 13.0. The van der Waals surface area contributed by atoms with Crippen molar-refractivity contribution in [3.63, 3.8) is 0 Å². The van der Waals surface area contributed by atoms with Gasteiger partial charge >= 0.3 is 0 Å². The minimum atomic E-state index is -0.561. The average molecular weight is 400 g/mol. The van der Waals surface area contributed by atoms with Crippen molar-refractivity contribution in [2.45, 2.75) is 0 Å². The van der Waals surface area contributed by atoms with E-state index < -0.39 is 10.8 Å². The van der Waals surface area contributed by atoms with Crippen molar-refractivity contribution in [1.82, 2.24) is 4.98 Å². The van der Waals surface area contributed by atoms with E-state index in [4.69, 9.17) is 11.6 Å². The lowest BCUT2D eigenvalue weighted by molar-refractivity contribution is -0.384. The molecule has 0 atom stereocenters. The molecule has 0 aliphatic rings. The molecule has 3 rings (SSSR count). The van der Waals surface area contributed by atoms with Gasteiger partial charge in [0.25, 0.3) is 11.6 Å². The zero-order valence-electron chi connectivity index (χ0n) is 14.0. The third-order valence-corrected chi connectivity index (χ3v) is 4.92. The molecule has 0 aliphatic carbocycles. The molecule has 0 bridgehead atoms. The van der Waals surface area contributed by atoms with Crippen LogP contribution in [0.3, 0.4) is 0 Å². The molecule has 0 fully saturated rings. The van der Waals surface area contributed by atoms with Gasteiger partial charge in [-0.05, 0) is 6.07 Å². The summed E-state index contributed by atoms with van der Waals surface area (Å²) in [6.07, 6.45) is 1.58. The number of benzene rings is 2. The zero-order chi connectivity index (χ0) is 19.4. The van der Waals surface area contributed by atoms with E-state index in [1.54, 1.807) is 6.08 Å². The highest BCUT2D eigenvalue weighted by atomic mass is 35.5. The second kappa shape index (κ2) is 8.11. The molecule has 0 unspecified atom stereocenters. The van der Waals surface area contributed by atoms with Crippen LogP contribution in [-0.2, 0) is 0 Å². The summed E-state index contributed by atoms with van der Waals surface area (Å²) in [4.78, 5) is 29.3. The van der Waals surface area contributed by atoms with Crippen molar-refractivity contribution in [3.05, 3.63) is 87.3 Å². The Kier molecular flexibility index (Phi) is 5.63. The summed E-state index contributed by atoms with van der Waals surface area (Å²) in [5.41, 5.74) is 1.69. The molecule has 0 saturated carbocycles. The van der Waals surface area contributed by atoms with Gasteiger partial charge in [0.05, 0.1) is 21.2 Å². The Bertz CT molecular complexity index is 1000. The van der Waals surface area contributed by atoms with Gasteiger partial charge in [-0.3, -0.25) is 19.8 Å². The zero-order valence-corrected chi connectivity index (χ0v) is 15.6. The molecule has 136 valence electrons. The molecule has 3 aromatic rings. The second-order valence-electron chi connectivity index (χ2n) is 5.51. The lowest BCUT2D eigenvalue weighted by Crippen LogP contribution is -2.31. The maximum Gasteiger partial charge on any atom is 0.270 e. The average Bonchev–Trinajstić information content (AvgIpc) is 3.16. The highest BCUT2D eigenvalue weighted by Gasteiger charge is 2.23. The van der Waals surface area contributed by atoms with Crippen LogP contribution >= 0.6 is 22.9 Å². The number of non-ortho nitro benzene ring substituents is 1. The van der Waals surface area contributed by atoms with Gasteiger partial charge in [0.1, 0.15) is 0 Å². The van der Waals surface area contributed by atoms with Gasteiger partial charge in [-0.25, -0.2) is 4.98 Å². The van der Waals surface area contributed by atoms with Crippen molar-refractivity contribution in [3.8, 4) is 11.3 Å². The van der Waals surface area contributed by atoms with E-state index in [2.05, 4.69) is 11.6 Å². The predicted octanol–water partition coefficient (Wildman–Crippen LogP) is 5.20. The summed E-state index contributed by atoms with van der Waals surface area (Å²) in [6.45, 7) is 3.92. The van der Waals surface area contributed by atoms with Crippen LogP contribution in [0.25, 0.3) is 11.3 Å². The van der Waals surface area contributed by atoms with Gasteiger partial charge in [-0.1, -0.05) is 48.0 Å². The first-order chi connectivity index (χ1) is 13.0. The molecule has 6 nitrogen and oxygen atoms in total. The SMILES string of the molecule is C=CCN(C(=O)c1ccc([N+](=O)[O-])cc1Cl)c1nc(-c2ccccc2)cs1. The van der Waals surface area contributed by atoms with E-state index >= 15 is 0 Å². The van der Waals surface area contributed by atoms with Crippen molar-refractivity contribution in [2.24, 2.45) is 0 Å². The highest BCUT2D eigenvalue weighted by Crippen LogP contribution is 2.30. The molecule has 1 amide bonds. The Balaban J connectivity index is 1.94. The maximum atomic E-state index is 13.0. The third kappa shape index (κ3) is 4.05. The number of carbonyl (C=O) groups is 1. The van der Waals surface area contributed by atoms with Crippen molar-refractivity contribution in [1.29, 1.82) is 0 Å². The minimum Gasteiger partial charge on any atom is -0.280 e. The van der Waals surface area contributed by atoms with Gasteiger partial charge < -0.3 is 0 Å². The number of aromatic nitrogens is 1. The minimum absolute atomic E-state index is 0.0168. The molecule has 27 heavy (non-hydrogen) atoms. The number of halogens is 1. The lowest BCUT2D eigenvalue weighted by Gasteiger charge is -2.18. The number of anilines is 1. The first-order valence-corrected chi connectivity index (χ1v) is 9.14. The number of carbonyl (C=O) groups excluding carboxylic acids is 1. The summed E-state index contributed by atoms with van der Waals surface area (Å²) < 4.78 is 0. The molecule has 0 saturated heterocycles. The molecule has 1 aromatic heterocycles. The van der Waals surface area contributed by atoms with Crippen LogP contribution in [0.5, 0.6) is 0 Å². The largest absolute Gasteiger partial charge is 0.280 e. The van der Waals surface area contributed by atoms with E-state index in [1.165, 1.54) is 28.4 Å². The van der Waals surface area contributed by atoms with E-state index in [9.17, 15) is 14.9 Å². The number of nitro benzene ring substituents is 1. The summed E-state index contributed by atoms with van der Waals surface area (Å²) in [6, 6.07) is 13.4. The van der Waals surface area contributed by atoms with Crippen LogP contribution in [0, 0.1) is 10.1 Å². The fourth-order valence-corrected chi connectivity index (χ4v) is 3.54. The van der Waals surface area contributed by atoms with E-state index in [0.29, 0.717) is 5.13 Å². The summed E-state index contributed by atoms with van der Waals surface area (Å²) >= 11 is 7.43. The monoisotopic (exact) mass is 399 g/mol. The summed E-state index contributed by atoms with van der Waals surface area (Å²) in [5.74, 6) is -0.399. The van der Waals surface area contributed by atoms with Crippen molar-refractivity contribution < 1.29 is 9.72 Å². The van der Waals surface area contributed by atoms with Gasteiger partial charge in [0, 0.05) is 29.6 Å². The molecule has 0 N–H and O–H groups in total. The van der Waals surface area contributed by atoms with Gasteiger partial charge in [0.2, 0.25) is 0 Å². The number of hydrogen-bond donors (Lipinski definition) is 0. The summed E-state index contributed by atoms with van der Waals surface area (Å²) in [7, 11) is 0. The standard InChI is InChI=1S/C19H14ClN3O3S/c1-2-10-22(18(24)15-9-8-14(23(25)26)11-16(15)20)19-21-17(12-27-19)13-6-4-3-5-7-13/h2-9,11-12H,1,10H2. The Morgan fingerprint density at radius 2 is 2.04 bits per heavy atom. The molecule has 1 heterocycles. The number of thiazole rings is 1. The summed E-state index contributed by atoms with van der Waals surface area (Å²) in [5, 5.41) is 13.2. The fraction of sp³-hybridized carbons (Fsp3) is 0.0526. The topological polar surface area (TPSA) is 76.3 Å². The first kappa shape index (κ1) is 18.8. The fourth-order valence-electron chi connectivity index (χ4n) is 2.44. The van der Waals surface area contributed by atoms with Crippen LogP contribution in [0.15, 0.2) is 66.6 Å². The predicted molar refractivity (Wildman–Crippen MR) is 108 cm³/mol. The third-order valence-electron chi connectivity index (χ3n) is 3.74. The molecule has 2 aromatic carbocycles. The normalized spacial score (nSPS) is 10.4. The molecule has 8 heteroatoms. The first-order valence-electron chi connectivity index (χ1n) is 7.89. The van der Waals surface area contributed by atoms with E-state index in [0.717, 1.165) is 17.3 Å². The van der Waals surface area contributed by atoms with Crippen molar-refractivity contribution in [2.75, 3.05) is 11.4 Å². The van der Waals surface area contributed by atoms with E-state index in [1.807, 2.05) is 35.7 Å². The van der Waals surface area contributed by atoms with Gasteiger partial charge in [0.15, 0.2) is 5.13 Å². The van der Waals surface area contributed by atoms with Gasteiger partial charge in [-0.2, -0.15) is 0 Å². The number of nitro groups is 1. The van der Waals surface area contributed by atoms with E-state index in [-0.39, 0.29) is 22.8 Å². The number of hydrogen-bond acceptors (Lipinski definition) is 5. The molecule has 0 aliphatic heterocycles. The lowest BCUT2D eigenvalue weighted by atomic mass is 10.2. The van der Waals surface area contributed by atoms with Crippen LogP contribution in [-0.4, -0.2) is 22.4 Å².